The van der Waals surface area contributed by atoms with Gasteiger partial charge in [-0.2, -0.15) is 0 Å². The van der Waals surface area contributed by atoms with Crippen LogP contribution in [0.25, 0.3) is 0 Å². The molecule has 0 aliphatic carbocycles. The zero-order chi connectivity index (χ0) is 23.3. The molecule has 8 heteroatoms. The zero-order valence-electron chi connectivity index (χ0n) is 18.4. The van der Waals surface area contributed by atoms with Gasteiger partial charge in [-0.3, -0.25) is 4.79 Å². The molecule has 0 atom stereocenters. The van der Waals surface area contributed by atoms with Gasteiger partial charge in [0, 0.05) is 28.9 Å². The Labute approximate surface area is 198 Å². The van der Waals surface area contributed by atoms with Crippen LogP contribution in [0.2, 0.25) is 10.0 Å². The van der Waals surface area contributed by atoms with Gasteiger partial charge in [0.1, 0.15) is 11.3 Å². The number of carbonyl (C=O) groups excluding carboxylic acids is 2. The topological polar surface area (TPSA) is 73.9 Å². The SMILES string of the molecule is COC(=O)c1cc(NC(=O)C2(c3ccc(Cl)cc3Cl)CCOCC2)ccc1OCC(C)C. The van der Waals surface area contributed by atoms with Crippen molar-refractivity contribution in [3.05, 3.63) is 57.6 Å². The lowest BCUT2D eigenvalue weighted by Gasteiger charge is -2.37. The zero-order valence-corrected chi connectivity index (χ0v) is 19.9. The smallest absolute Gasteiger partial charge is 0.341 e. The Morgan fingerprint density at radius 1 is 1.12 bits per heavy atom. The Morgan fingerprint density at radius 2 is 1.84 bits per heavy atom. The second kappa shape index (κ2) is 10.6. The highest BCUT2D eigenvalue weighted by molar-refractivity contribution is 6.35. The van der Waals surface area contributed by atoms with Crippen molar-refractivity contribution in [3.8, 4) is 5.75 Å². The molecule has 0 spiro atoms. The first-order valence-electron chi connectivity index (χ1n) is 10.5. The van der Waals surface area contributed by atoms with Crippen LogP contribution >= 0.6 is 23.2 Å². The molecule has 172 valence electrons. The Morgan fingerprint density at radius 3 is 2.47 bits per heavy atom. The molecular weight excluding hydrogens is 453 g/mol. The maximum atomic E-state index is 13.6. The maximum absolute atomic E-state index is 13.6. The Hall–Kier alpha value is -2.28. The molecule has 0 bridgehead atoms. The number of benzene rings is 2. The molecule has 6 nitrogen and oxygen atoms in total. The third-order valence-electron chi connectivity index (χ3n) is 5.44. The van der Waals surface area contributed by atoms with Gasteiger partial charge in [-0.05, 0) is 54.7 Å². The quantitative estimate of drug-likeness (QED) is 0.530. The third-order valence-corrected chi connectivity index (χ3v) is 5.99. The molecule has 0 aromatic heterocycles. The summed E-state index contributed by atoms with van der Waals surface area (Å²) in [5, 5.41) is 3.89. The first-order valence-corrected chi connectivity index (χ1v) is 11.2. The van der Waals surface area contributed by atoms with E-state index in [1.807, 2.05) is 13.8 Å². The molecule has 1 aliphatic heterocycles. The van der Waals surface area contributed by atoms with Gasteiger partial charge in [0.2, 0.25) is 5.91 Å². The van der Waals surface area contributed by atoms with Crippen LogP contribution in [0.3, 0.4) is 0 Å². The van der Waals surface area contributed by atoms with Gasteiger partial charge in [0.05, 0.1) is 19.1 Å². The number of hydrogen-bond donors (Lipinski definition) is 1. The van der Waals surface area contributed by atoms with Crippen LogP contribution in [-0.4, -0.2) is 38.8 Å². The second-order valence-electron chi connectivity index (χ2n) is 8.18. The molecule has 3 rings (SSSR count). The fraction of sp³-hybridized carbons (Fsp3) is 0.417. The molecule has 0 saturated carbocycles. The van der Waals surface area contributed by atoms with E-state index in [0.29, 0.717) is 59.7 Å². The number of hydrogen-bond acceptors (Lipinski definition) is 5. The van der Waals surface area contributed by atoms with Gasteiger partial charge >= 0.3 is 5.97 Å². The summed E-state index contributed by atoms with van der Waals surface area (Å²) in [5.41, 5.74) is 0.534. The van der Waals surface area contributed by atoms with Crippen LogP contribution in [0.15, 0.2) is 36.4 Å². The highest BCUT2D eigenvalue weighted by Crippen LogP contribution is 2.41. The predicted octanol–water partition coefficient (Wildman–Crippen LogP) is 5.50. The van der Waals surface area contributed by atoms with E-state index in [4.69, 9.17) is 37.4 Å². The Balaban J connectivity index is 1.93. The van der Waals surface area contributed by atoms with Crippen molar-refractivity contribution in [2.45, 2.75) is 32.1 Å². The molecule has 1 amide bonds. The molecular formula is C24H27Cl2NO5. The number of amides is 1. The summed E-state index contributed by atoms with van der Waals surface area (Å²) in [5.74, 6) is -0.0690. The van der Waals surface area contributed by atoms with Crippen molar-refractivity contribution >= 4 is 40.8 Å². The number of halogens is 2. The van der Waals surface area contributed by atoms with Gasteiger partial charge in [0.25, 0.3) is 0 Å². The lowest BCUT2D eigenvalue weighted by Crippen LogP contribution is -2.45. The Bertz CT molecular complexity index is 986. The summed E-state index contributed by atoms with van der Waals surface area (Å²) in [4.78, 5) is 25.9. The van der Waals surface area contributed by atoms with Gasteiger partial charge in [0.15, 0.2) is 0 Å². The van der Waals surface area contributed by atoms with E-state index in [1.165, 1.54) is 7.11 Å². The molecule has 1 N–H and O–H groups in total. The minimum absolute atomic E-state index is 0.225. The fourth-order valence-electron chi connectivity index (χ4n) is 3.73. The molecule has 1 saturated heterocycles. The third kappa shape index (κ3) is 5.37. The fourth-order valence-corrected chi connectivity index (χ4v) is 4.32. The summed E-state index contributed by atoms with van der Waals surface area (Å²) in [6, 6.07) is 10.1. The van der Waals surface area contributed by atoms with E-state index in [2.05, 4.69) is 5.32 Å². The number of ether oxygens (including phenoxy) is 3. The molecule has 1 aliphatic rings. The summed E-state index contributed by atoms with van der Waals surface area (Å²) in [6.45, 7) is 5.35. The largest absolute Gasteiger partial charge is 0.492 e. The summed E-state index contributed by atoms with van der Waals surface area (Å²) >= 11 is 12.5. The van der Waals surface area contributed by atoms with Gasteiger partial charge in [-0.25, -0.2) is 4.79 Å². The van der Waals surface area contributed by atoms with Crippen molar-refractivity contribution in [1.82, 2.24) is 0 Å². The van der Waals surface area contributed by atoms with Gasteiger partial charge in [-0.1, -0.05) is 43.1 Å². The van der Waals surface area contributed by atoms with Crippen molar-refractivity contribution in [1.29, 1.82) is 0 Å². The van der Waals surface area contributed by atoms with Crippen LogP contribution in [0, 0.1) is 5.92 Å². The minimum atomic E-state index is -0.877. The lowest BCUT2D eigenvalue weighted by atomic mass is 9.73. The van der Waals surface area contributed by atoms with Crippen molar-refractivity contribution in [2.24, 2.45) is 5.92 Å². The van der Waals surface area contributed by atoms with E-state index >= 15 is 0 Å². The van der Waals surface area contributed by atoms with Gasteiger partial charge < -0.3 is 19.5 Å². The predicted molar refractivity (Wildman–Crippen MR) is 125 cm³/mol. The van der Waals surface area contributed by atoms with E-state index in [9.17, 15) is 9.59 Å². The molecule has 2 aromatic carbocycles. The van der Waals surface area contributed by atoms with E-state index in [1.54, 1.807) is 36.4 Å². The van der Waals surface area contributed by atoms with Crippen LogP contribution in [0.4, 0.5) is 5.69 Å². The molecule has 32 heavy (non-hydrogen) atoms. The number of methoxy groups -OCH3 is 1. The first kappa shape index (κ1) is 24.4. The number of rotatable bonds is 7. The number of nitrogens with one attached hydrogen (secondary N) is 1. The summed E-state index contributed by atoms with van der Waals surface area (Å²) in [6.07, 6.45) is 0.944. The lowest BCUT2D eigenvalue weighted by molar-refractivity contribution is -0.125. The van der Waals surface area contributed by atoms with Crippen LogP contribution in [0.1, 0.15) is 42.6 Å². The first-order chi connectivity index (χ1) is 15.3. The minimum Gasteiger partial charge on any atom is -0.492 e. The van der Waals surface area contributed by atoms with Crippen LogP contribution < -0.4 is 10.1 Å². The normalized spacial score (nSPS) is 15.3. The average molecular weight is 480 g/mol. The van der Waals surface area contributed by atoms with Crippen molar-refractivity contribution < 1.29 is 23.8 Å². The average Bonchev–Trinajstić information content (AvgIpc) is 2.77. The molecule has 0 unspecified atom stereocenters. The van der Waals surface area contributed by atoms with Gasteiger partial charge in [-0.15, -0.1) is 0 Å². The maximum Gasteiger partial charge on any atom is 0.341 e. The van der Waals surface area contributed by atoms with Crippen LogP contribution in [0.5, 0.6) is 5.75 Å². The standard InChI is InChI=1S/C24H27Cl2NO5/c1-15(2)14-32-21-7-5-17(13-18(21)22(28)30-3)27-23(29)24(8-10-31-11-9-24)19-6-4-16(25)12-20(19)26/h4-7,12-13,15H,8-11,14H2,1-3H3,(H,27,29). The monoisotopic (exact) mass is 479 g/mol. The summed E-state index contributed by atoms with van der Waals surface area (Å²) in [7, 11) is 1.30. The summed E-state index contributed by atoms with van der Waals surface area (Å²) < 4.78 is 16.2. The molecule has 1 fully saturated rings. The second-order valence-corrected chi connectivity index (χ2v) is 9.02. The van der Waals surface area contributed by atoms with E-state index in [0.717, 1.165) is 0 Å². The van der Waals surface area contributed by atoms with Crippen LogP contribution in [-0.2, 0) is 19.7 Å². The number of esters is 1. The molecule has 0 radical (unpaired) electrons. The highest BCUT2D eigenvalue weighted by atomic mass is 35.5. The Kier molecular flexibility index (Phi) is 8.04. The van der Waals surface area contributed by atoms with E-state index < -0.39 is 11.4 Å². The van der Waals surface area contributed by atoms with Crippen molar-refractivity contribution in [3.63, 3.8) is 0 Å². The van der Waals surface area contributed by atoms with E-state index in [-0.39, 0.29) is 17.4 Å². The number of anilines is 1. The molecule has 1 heterocycles. The number of carbonyl (C=O) groups is 2. The molecule has 2 aromatic rings. The highest BCUT2D eigenvalue weighted by Gasteiger charge is 2.43. The van der Waals surface area contributed by atoms with Crippen molar-refractivity contribution in [2.75, 3.05) is 32.2 Å².